The van der Waals surface area contributed by atoms with Gasteiger partial charge in [0.05, 0.1) is 0 Å². The molecule has 1 saturated heterocycles. The Morgan fingerprint density at radius 3 is 2.78 bits per heavy atom. The van der Waals surface area contributed by atoms with Crippen molar-refractivity contribution in [1.82, 2.24) is 4.90 Å². The topological polar surface area (TPSA) is 29.3 Å². The van der Waals surface area contributed by atoms with Crippen molar-refractivity contribution in [2.24, 2.45) is 5.73 Å². The van der Waals surface area contributed by atoms with E-state index in [4.69, 9.17) is 5.73 Å². The van der Waals surface area contributed by atoms with Gasteiger partial charge in [0, 0.05) is 36.7 Å². The van der Waals surface area contributed by atoms with Crippen LogP contribution in [0.5, 0.6) is 0 Å². The van der Waals surface area contributed by atoms with E-state index >= 15 is 0 Å². The Morgan fingerprint density at radius 2 is 2.11 bits per heavy atom. The molecule has 0 radical (unpaired) electrons. The Balaban J connectivity index is 1.80. The highest BCUT2D eigenvalue weighted by molar-refractivity contribution is 7.99. The second-order valence-electron chi connectivity index (χ2n) is 5.29. The van der Waals surface area contributed by atoms with Gasteiger partial charge >= 0.3 is 0 Å². The van der Waals surface area contributed by atoms with Crippen LogP contribution < -0.4 is 5.73 Å². The van der Waals surface area contributed by atoms with E-state index in [1.165, 1.54) is 30.0 Å². The smallest absolute Gasteiger partial charge is 0.0307 e. The molecule has 2 N–H and O–H groups in total. The Morgan fingerprint density at radius 1 is 1.39 bits per heavy atom. The Kier molecular flexibility index (Phi) is 5.10. The first kappa shape index (κ1) is 13.9. The van der Waals surface area contributed by atoms with Crippen molar-refractivity contribution < 1.29 is 0 Å². The molecule has 1 aliphatic rings. The summed E-state index contributed by atoms with van der Waals surface area (Å²) in [6.07, 6.45) is 1.06. The first-order valence-corrected chi connectivity index (χ1v) is 7.86. The van der Waals surface area contributed by atoms with Crippen molar-refractivity contribution in [3.63, 3.8) is 0 Å². The fraction of sp³-hybridized carbons (Fsp3) is 0.600. The van der Waals surface area contributed by atoms with E-state index in [1.807, 2.05) is 0 Å². The van der Waals surface area contributed by atoms with Gasteiger partial charge in [-0.25, -0.2) is 0 Å². The Labute approximate surface area is 115 Å². The minimum absolute atomic E-state index is 0.176. The number of hydrogen-bond acceptors (Lipinski definition) is 3. The van der Waals surface area contributed by atoms with Gasteiger partial charge in [0.2, 0.25) is 0 Å². The second kappa shape index (κ2) is 6.60. The highest BCUT2D eigenvalue weighted by Crippen LogP contribution is 2.20. The zero-order valence-corrected chi connectivity index (χ0v) is 12.2. The molecule has 1 fully saturated rings. The number of aryl methyl sites for hydroxylation is 1. The van der Waals surface area contributed by atoms with E-state index in [9.17, 15) is 0 Å². The summed E-state index contributed by atoms with van der Waals surface area (Å²) in [4.78, 5) is 2.55. The van der Waals surface area contributed by atoms with Crippen LogP contribution in [0.25, 0.3) is 0 Å². The number of hydrogen-bond donors (Lipinski definition) is 1. The molecule has 0 saturated carbocycles. The summed E-state index contributed by atoms with van der Waals surface area (Å²) in [5, 5.41) is 0.773. The van der Waals surface area contributed by atoms with Crippen LogP contribution in [0, 0.1) is 6.92 Å². The molecule has 2 unspecified atom stereocenters. The summed E-state index contributed by atoms with van der Waals surface area (Å²) < 4.78 is 0. The molecule has 1 heterocycles. The predicted octanol–water partition coefficient (Wildman–Crippen LogP) is 2.82. The number of nitrogens with zero attached hydrogens (tertiary/aromatic N) is 1. The average molecular weight is 264 g/mol. The van der Waals surface area contributed by atoms with Crippen LogP contribution in [0.2, 0.25) is 0 Å². The molecule has 0 amide bonds. The van der Waals surface area contributed by atoms with Crippen molar-refractivity contribution in [2.45, 2.75) is 31.6 Å². The van der Waals surface area contributed by atoms with E-state index in [2.05, 4.69) is 54.8 Å². The molecule has 1 aliphatic heterocycles. The molecule has 2 nitrogen and oxygen atoms in total. The van der Waals surface area contributed by atoms with Gasteiger partial charge < -0.3 is 10.6 Å². The fourth-order valence-corrected chi connectivity index (χ4v) is 3.48. The van der Waals surface area contributed by atoms with Crippen LogP contribution in [0.4, 0.5) is 0 Å². The zero-order chi connectivity index (χ0) is 13.0. The van der Waals surface area contributed by atoms with E-state index < -0.39 is 0 Å². The number of benzene rings is 1. The third-order valence-corrected chi connectivity index (χ3v) is 4.72. The average Bonchev–Trinajstić information content (AvgIpc) is 2.37. The van der Waals surface area contributed by atoms with Gasteiger partial charge in [-0.15, -0.1) is 0 Å². The maximum Gasteiger partial charge on any atom is 0.0307 e. The standard InChI is InChI=1S/C15H24N2S/c1-12-3-5-14(6-4-12)15(16)7-8-17-9-10-18-13(2)11-17/h3-6,13,15H,7-11,16H2,1-2H3. The molecule has 0 bridgehead atoms. The summed E-state index contributed by atoms with van der Waals surface area (Å²) in [7, 11) is 0. The summed E-state index contributed by atoms with van der Waals surface area (Å²) in [6.45, 7) is 7.99. The monoisotopic (exact) mass is 264 g/mol. The summed E-state index contributed by atoms with van der Waals surface area (Å²) in [6, 6.07) is 8.79. The molecule has 3 heteroatoms. The zero-order valence-electron chi connectivity index (χ0n) is 11.4. The molecule has 2 rings (SSSR count). The Hall–Kier alpha value is -0.510. The quantitative estimate of drug-likeness (QED) is 0.907. The number of nitrogens with two attached hydrogens (primary N) is 1. The molecule has 0 spiro atoms. The lowest BCUT2D eigenvalue weighted by Gasteiger charge is -2.31. The minimum Gasteiger partial charge on any atom is -0.324 e. The van der Waals surface area contributed by atoms with Crippen LogP contribution in [0.1, 0.15) is 30.5 Å². The van der Waals surface area contributed by atoms with Gasteiger partial charge in [-0.3, -0.25) is 0 Å². The molecule has 1 aromatic carbocycles. The van der Waals surface area contributed by atoms with Crippen molar-refractivity contribution in [2.75, 3.05) is 25.4 Å². The van der Waals surface area contributed by atoms with Gasteiger partial charge in [0.25, 0.3) is 0 Å². The summed E-state index contributed by atoms with van der Waals surface area (Å²) in [5.74, 6) is 1.26. The van der Waals surface area contributed by atoms with Gasteiger partial charge in [0.1, 0.15) is 0 Å². The number of rotatable bonds is 4. The van der Waals surface area contributed by atoms with E-state index in [0.717, 1.165) is 18.2 Å². The fourth-order valence-electron chi connectivity index (χ4n) is 2.40. The first-order valence-electron chi connectivity index (χ1n) is 6.81. The second-order valence-corrected chi connectivity index (χ2v) is 6.83. The molecular formula is C15H24N2S. The largest absolute Gasteiger partial charge is 0.324 e. The molecular weight excluding hydrogens is 240 g/mol. The van der Waals surface area contributed by atoms with E-state index in [0.29, 0.717) is 0 Å². The lowest BCUT2D eigenvalue weighted by molar-refractivity contribution is 0.275. The van der Waals surface area contributed by atoms with Crippen LogP contribution in [0.15, 0.2) is 24.3 Å². The summed E-state index contributed by atoms with van der Waals surface area (Å²) >= 11 is 2.08. The van der Waals surface area contributed by atoms with Crippen LogP contribution in [-0.4, -0.2) is 35.5 Å². The lowest BCUT2D eigenvalue weighted by Crippen LogP contribution is -2.38. The van der Waals surface area contributed by atoms with Crippen molar-refractivity contribution in [1.29, 1.82) is 0 Å². The highest BCUT2D eigenvalue weighted by atomic mass is 32.2. The lowest BCUT2D eigenvalue weighted by atomic mass is 10.0. The van der Waals surface area contributed by atoms with Crippen molar-refractivity contribution in [3.8, 4) is 0 Å². The number of thioether (sulfide) groups is 1. The first-order chi connectivity index (χ1) is 8.65. The third kappa shape index (κ3) is 4.01. The van der Waals surface area contributed by atoms with Crippen LogP contribution in [-0.2, 0) is 0 Å². The highest BCUT2D eigenvalue weighted by Gasteiger charge is 2.17. The van der Waals surface area contributed by atoms with Crippen LogP contribution >= 0.6 is 11.8 Å². The maximum atomic E-state index is 6.27. The Bertz CT molecular complexity index is 363. The van der Waals surface area contributed by atoms with Crippen molar-refractivity contribution >= 4 is 11.8 Å². The molecule has 18 heavy (non-hydrogen) atoms. The van der Waals surface area contributed by atoms with Crippen LogP contribution in [0.3, 0.4) is 0 Å². The molecule has 1 aromatic rings. The van der Waals surface area contributed by atoms with E-state index in [-0.39, 0.29) is 6.04 Å². The van der Waals surface area contributed by atoms with Gasteiger partial charge in [-0.2, -0.15) is 11.8 Å². The molecule has 0 aromatic heterocycles. The van der Waals surface area contributed by atoms with Crippen molar-refractivity contribution in [3.05, 3.63) is 35.4 Å². The van der Waals surface area contributed by atoms with Gasteiger partial charge in [-0.05, 0) is 18.9 Å². The summed E-state index contributed by atoms with van der Waals surface area (Å²) in [5.41, 5.74) is 8.83. The molecule has 2 atom stereocenters. The normalized spacial score (nSPS) is 22.9. The maximum absolute atomic E-state index is 6.27. The van der Waals surface area contributed by atoms with Gasteiger partial charge in [-0.1, -0.05) is 36.8 Å². The SMILES string of the molecule is Cc1ccc(C(N)CCN2CCSC(C)C2)cc1. The minimum atomic E-state index is 0.176. The molecule has 0 aliphatic carbocycles. The van der Waals surface area contributed by atoms with Gasteiger partial charge in [0.15, 0.2) is 0 Å². The predicted molar refractivity (Wildman–Crippen MR) is 81.1 cm³/mol. The molecule has 100 valence electrons. The van der Waals surface area contributed by atoms with E-state index in [1.54, 1.807) is 0 Å². The third-order valence-electron chi connectivity index (χ3n) is 3.59.